The van der Waals surface area contributed by atoms with Crippen molar-refractivity contribution in [2.75, 3.05) is 11.9 Å². The fraction of sp³-hybridized carbons (Fsp3) is 0.400. The van der Waals surface area contributed by atoms with Gasteiger partial charge in [0.05, 0.1) is 9.95 Å². The molecule has 0 fully saturated rings. The largest absolute Gasteiger partial charge is 0.379 e. The first-order chi connectivity index (χ1) is 7.56. The van der Waals surface area contributed by atoms with Crippen LogP contribution in [0.1, 0.15) is 19.8 Å². The van der Waals surface area contributed by atoms with Crippen molar-refractivity contribution in [2.45, 2.75) is 19.8 Å². The average molecular weight is 247 g/mol. The van der Waals surface area contributed by atoms with Crippen LogP contribution in [0, 0.1) is 15.9 Å². The van der Waals surface area contributed by atoms with Crippen LogP contribution in [0.2, 0.25) is 5.02 Å². The fourth-order valence-corrected chi connectivity index (χ4v) is 1.39. The van der Waals surface area contributed by atoms with Crippen LogP contribution >= 0.6 is 11.6 Å². The minimum absolute atomic E-state index is 0.167. The minimum atomic E-state index is -0.661. The molecule has 1 aromatic rings. The number of hydrogen-bond donors (Lipinski definition) is 1. The molecule has 0 heterocycles. The Morgan fingerprint density at radius 3 is 2.81 bits per heavy atom. The molecule has 16 heavy (non-hydrogen) atoms. The van der Waals surface area contributed by atoms with E-state index in [-0.39, 0.29) is 16.4 Å². The van der Waals surface area contributed by atoms with Gasteiger partial charge in [-0.1, -0.05) is 24.9 Å². The molecule has 0 spiro atoms. The normalized spacial score (nSPS) is 10.2. The Hall–Kier alpha value is -1.36. The number of halogens is 2. The summed E-state index contributed by atoms with van der Waals surface area (Å²) in [7, 11) is 0. The van der Waals surface area contributed by atoms with E-state index in [4.69, 9.17) is 11.6 Å². The van der Waals surface area contributed by atoms with E-state index in [0.29, 0.717) is 6.54 Å². The van der Waals surface area contributed by atoms with Crippen LogP contribution in [0.25, 0.3) is 0 Å². The van der Waals surface area contributed by atoms with Gasteiger partial charge in [-0.2, -0.15) is 0 Å². The molecule has 0 amide bonds. The van der Waals surface area contributed by atoms with Crippen LogP contribution in [-0.4, -0.2) is 11.5 Å². The summed E-state index contributed by atoms with van der Waals surface area (Å²) in [6.07, 6.45) is 1.82. The Labute approximate surface area is 97.6 Å². The third kappa shape index (κ3) is 3.06. The number of nitro benzene ring substituents is 1. The zero-order valence-corrected chi connectivity index (χ0v) is 9.55. The first-order valence-electron chi connectivity index (χ1n) is 4.93. The predicted octanol–water partition coefficient (Wildman–Crippen LogP) is 3.60. The molecule has 1 rings (SSSR count). The Kier molecular flexibility index (Phi) is 4.49. The summed E-state index contributed by atoms with van der Waals surface area (Å²) in [6, 6.07) is 2.07. The molecule has 0 radical (unpaired) electrons. The van der Waals surface area contributed by atoms with Gasteiger partial charge in [0.25, 0.3) is 5.69 Å². The molecule has 0 saturated carbocycles. The van der Waals surface area contributed by atoms with Gasteiger partial charge >= 0.3 is 0 Å². The highest BCUT2D eigenvalue weighted by Gasteiger charge is 2.17. The molecule has 88 valence electrons. The number of nitro groups is 1. The number of rotatable bonds is 5. The first kappa shape index (κ1) is 12.7. The molecular weight excluding hydrogens is 235 g/mol. The van der Waals surface area contributed by atoms with E-state index in [1.54, 1.807) is 0 Å². The van der Waals surface area contributed by atoms with Gasteiger partial charge in [-0.25, -0.2) is 4.39 Å². The molecule has 0 saturated heterocycles. The van der Waals surface area contributed by atoms with Crippen LogP contribution in [0.3, 0.4) is 0 Å². The summed E-state index contributed by atoms with van der Waals surface area (Å²) in [4.78, 5) is 10.1. The number of benzene rings is 1. The molecule has 0 unspecified atom stereocenters. The standard InChI is InChI=1S/C10H12ClFN2O2/c1-2-3-4-13-9-6-8(12)7(11)5-10(9)14(15)16/h5-6,13H,2-4H2,1H3. The summed E-state index contributed by atoms with van der Waals surface area (Å²) in [5.74, 6) is -0.661. The Morgan fingerprint density at radius 1 is 1.56 bits per heavy atom. The van der Waals surface area contributed by atoms with E-state index >= 15 is 0 Å². The van der Waals surface area contributed by atoms with Gasteiger partial charge in [-0.15, -0.1) is 0 Å². The number of nitrogens with zero attached hydrogens (tertiary/aromatic N) is 1. The molecule has 0 aliphatic heterocycles. The second kappa shape index (κ2) is 5.65. The molecule has 1 N–H and O–H groups in total. The lowest BCUT2D eigenvalue weighted by molar-refractivity contribution is -0.384. The maximum absolute atomic E-state index is 13.1. The van der Waals surface area contributed by atoms with Crippen molar-refractivity contribution in [1.82, 2.24) is 0 Å². The highest BCUT2D eigenvalue weighted by molar-refractivity contribution is 6.31. The summed E-state index contributed by atoms with van der Waals surface area (Å²) < 4.78 is 13.1. The Morgan fingerprint density at radius 2 is 2.25 bits per heavy atom. The monoisotopic (exact) mass is 246 g/mol. The van der Waals surface area contributed by atoms with Crippen molar-refractivity contribution in [3.05, 3.63) is 33.1 Å². The molecule has 0 aliphatic rings. The van der Waals surface area contributed by atoms with E-state index in [1.165, 1.54) is 0 Å². The zero-order chi connectivity index (χ0) is 12.1. The Balaban J connectivity index is 2.95. The maximum Gasteiger partial charge on any atom is 0.294 e. The van der Waals surface area contributed by atoms with E-state index < -0.39 is 10.7 Å². The van der Waals surface area contributed by atoms with Crippen molar-refractivity contribution >= 4 is 23.0 Å². The van der Waals surface area contributed by atoms with Gasteiger partial charge in [0, 0.05) is 18.7 Å². The van der Waals surface area contributed by atoms with Crippen LogP contribution in [0.4, 0.5) is 15.8 Å². The highest BCUT2D eigenvalue weighted by Crippen LogP contribution is 2.30. The number of hydrogen-bond acceptors (Lipinski definition) is 3. The summed E-state index contributed by atoms with van der Waals surface area (Å²) in [5, 5.41) is 13.3. The molecule has 0 atom stereocenters. The third-order valence-electron chi connectivity index (χ3n) is 2.08. The molecular formula is C10H12ClFN2O2. The van der Waals surface area contributed by atoms with Gasteiger partial charge in [-0.3, -0.25) is 10.1 Å². The van der Waals surface area contributed by atoms with Crippen molar-refractivity contribution in [2.24, 2.45) is 0 Å². The van der Waals surface area contributed by atoms with Gasteiger partial charge in [0.2, 0.25) is 0 Å². The van der Waals surface area contributed by atoms with E-state index in [1.807, 2.05) is 6.92 Å². The van der Waals surface area contributed by atoms with Crippen molar-refractivity contribution in [3.8, 4) is 0 Å². The second-order valence-corrected chi connectivity index (χ2v) is 3.73. The van der Waals surface area contributed by atoms with Crippen LogP contribution in [-0.2, 0) is 0 Å². The average Bonchev–Trinajstić information content (AvgIpc) is 2.23. The Bertz CT molecular complexity index is 399. The SMILES string of the molecule is CCCCNc1cc(F)c(Cl)cc1[N+](=O)[O-]. The van der Waals surface area contributed by atoms with E-state index in [2.05, 4.69) is 5.32 Å². The molecule has 6 heteroatoms. The smallest absolute Gasteiger partial charge is 0.294 e. The van der Waals surface area contributed by atoms with Crippen molar-refractivity contribution in [3.63, 3.8) is 0 Å². The summed E-state index contributed by atoms with van der Waals surface area (Å²) >= 11 is 5.48. The van der Waals surface area contributed by atoms with Gasteiger partial charge < -0.3 is 5.32 Å². The van der Waals surface area contributed by atoms with Gasteiger partial charge in [-0.05, 0) is 6.42 Å². The van der Waals surface area contributed by atoms with Crippen LogP contribution < -0.4 is 5.32 Å². The minimum Gasteiger partial charge on any atom is -0.379 e. The quantitative estimate of drug-likeness (QED) is 0.491. The molecule has 0 aromatic heterocycles. The zero-order valence-electron chi connectivity index (χ0n) is 8.80. The third-order valence-corrected chi connectivity index (χ3v) is 2.37. The van der Waals surface area contributed by atoms with Crippen molar-refractivity contribution in [1.29, 1.82) is 0 Å². The van der Waals surface area contributed by atoms with E-state index in [0.717, 1.165) is 25.0 Å². The van der Waals surface area contributed by atoms with Crippen LogP contribution in [0.5, 0.6) is 0 Å². The molecule has 1 aromatic carbocycles. The summed E-state index contributed by atoms with van der Waals surface area (Å²) in [5.41, 5.74) is -0.0390. The number of anilines is 1. The molecule has 0 aliphatic carbocycles. The topological polar surface area (TPSA) is 55.2 Å². The first-order valence-corrected chi connectivity index (χ1v) is 5.31. The summed E-state index contributed by atoms with van der Waals surface area (Å²) in [6.45, 7) is 2.57. The number of unbranched alkanes of at least 4 members (excludes halogenated alkanes) is 1. The second-order valence-electron chi connectivity index (χ2n) is 3.32. The lowest BCUT2D eigenvalue weighted by Crippen LogP contribution is -2.04. The molecule has 4 nitrogen and oxygen atoms in total. The predicted molar refractivity (Wildman–Crippen MR) is 61.5 cm³/mol. The van der Waals surface area contributed by atoms with Crippen LogP contribution in [0.15, 0.2) is 12.1 Å². The lowest BCUT2D eigenvalue weighted by atomic mass is 10.2. The van der Waals surface area contributed by atoms with Crippen molar-refractivity contribution < 1.29 is 9.31 Å². The lowest BCUT2D eigenvalue weighted by Gasteiger charge is -2.07. The van der Waals surface area contributed by atoms with E-state index in [9.17, 15) is 14.5 Å². The maximum atomic E-state index is 13.1. The molecule has 0 bridgehead atoms. The number of nitrogens with one attached hydrogen (secondary N) is 1. The van der Waals surface area contributed by atoms with Gasteiger partial charge in [0.15, 0.2) is 0 Å². The highest BCUT2D eigenvalue weighted by atomic mass is 35.5. The fourth-order valence-electron chi connectivity index (χ4n) is 1.23. The van der Waals surface area contributed by atoms with Gasteiger partial charge in [0.1, 0.15) is 11.5 Å².